The summed E-state index contributed by atoms with van der Waals surface area (Å²) in [4.78, 5) is 14.3. The van der Waals surface area contributed by atoms with Gasteiger partial charge in [0.1, 0.15) is 0 Å². The summed E-state index contributed by atoms with van der Waals surface area (Å²) < 4.78 is 26.3. The molecule has 142 valence electrons. The molecule has 3 rings (SSSR count). The Morgan fingerprint density at radius 3 is 2.48 bits per heavy atom. The topological polar surface area (TPSA) is 117 Å². The van der Waals surface area contributed by atoms with Gasteiger partial charge in [0, 0.05) is 18.4 Å². The molecule has 0 bridgehead atoms. The molecule has 0 radical (unpaired) electrons. The van der Waals surface area contributed by atoms with Crippen LogP contribution in [-0.2, 0) is 10.0 Å². The van der Waals surface area contributed by atoms with Gasteiger partial charge in [-0.3, -0.25) is 0 Å². The van der Waals surface area contributed by atoms with Crippen molar-refractivity contribution in [3.63, 3.8) is 0 Å². The highest BCUT2D eigenvalue weighted by Crippen LogP contribution is 2.28. The largest absolute Gasteiger partial charge is 0.395 e. The van der Waals surface area contributed by atoms with Crippen LogP contribution in [0.5, 0.6) is 0 Å². The number of hydrogen-bond acceptors (Lipinski definition) is 8. The highest BCUT2D eigenvalue weighted by Gasteiger charge is 2.13. The fourth-order valence-corrected chi connectivity index (χ4v) is 4.33. The SMILES string of the molecule is Cc1nc(C)c(-c2ccnc(Nc3ccc(S(=O)(=O)NCCO)cc3)n2)s1. The molecule has 0 saturated heterocycles. The second-order valence-electron chi connectivity index (χ2n) is 5.68. The van der Waals surface area contributed by atoms with E-state index in [1.54, 1.807) is 29.7 Å². The van der Waals surface area contributed by atoms with E-state index in [2.05, 4.69) is 25.0 Å². The van der Waals surface area contributed by atoms with Crippen molar-refractivity contribution in [2.24, 2.45) is 0 Å². The lowest BCUT2D eigenvalue weighted by Gasteiger charge is -2.08. The van der Waals surface area contributed by atoms with E-state index in [0.29, 0.717) is 11.6 Å². The fraction of sp³-hybridized carbons (Fsp3) is 0.235. The second-order valence-corrected chi connectivity index (χ2v) is 8.65. The van der Waals surface area contributed by atoms with Crippen LogP contribution in [0.25, 0.3) is 10.6 Å². The van der Waals surface area contributed by atoms with E-state index in [1.807, 2.05) is 19.9 Å². The molecule has 0 fully saturated rings. The van der Waals surface area contributed by atoms with Crippen molar-refractivity contribution in [3.8, 4) is 10.6 Å². The molecule has 2 aromatic heterocycles. The summed E-state index contributed by atoms with van der Waals surface area (Å²) in [5, 5.41) is 12.8. The number of aliphatic hydroxyl groups is 1. The molecule has 0 saturated carbocycles. The van der Waals surface area contributed by atoms with E-state index >= 15 is 0 Å². The summed E-state index contributed by atoms with van der Waals surface area (Å²) in [7, 11) is -3.63. The Morgan fingerprint density at radius 2 is 1.85 bits per heavy atom. The zero-order valence-electron chi connectivity index (χ0n) is 14.8. The van der Waals surface area contributed by atoms with E-state index in [1.165, 1.54) is 12.1 Å². The molecule has 0 amide bonds. The number of aryl methyl sites for hydroxylation is 2. The Bertz CT molecular complexity index is 1030. The Morgan fingerprint density at radius 1 is 1.11 bits per heavy atom. The van der Waals surface area contributed by atoms with Crippen LogP contribution >= 0.6 is 11.3 Å². The highest BCUT2D eigenvalue weighted by molar-refractivity contribution is 7.89. The minimum absolute atomic E-state index is 0.0283. The summed E-state index contributed by atoms with van der Waals surface area (Å²) in [6, 6.07) is 8.04. The van der Waals surface area contributed by atoms with Crippen molar-refractivity contribution in [2.45, 2.75) is 18.7 Å². The average molecular weight is 406 g/mol. The number of sulfonamides is 1. The van der Waals surface area contributed by atoms with Crippen LogP contribution in [0.15, 0.2) is 41.4 Å². The van der Waals surface area contributed by atoms with Gasteiger partial charge in [-0.05, 0) is 44.2 Å². The summed E-state index contributed by atoms with van der Waals surface area (Å²) in [5.41, 5.74) is 2.36. The van der Waals surface area contributed by atoms with Gasteiger partial charge < -0.3 is 10.4 Å². The van der Waals surface area contributed by atoms with E-state index < -0.39 is 10.0 Å². The zero-order valence-corrected chi connectivity index (χ0v) is 16.4. The summed E-state index contributed by atoms with van der Waals surface area (Å²) in [6.07, 6.45) is 1.66. The first-order valence-electron chi connectivity index (χ1n) is 8.14. The lowest BCUT2D eigenvalue weighted by Crippen LogP contribution is -2.26. The van der Waals surface area contributed by atoms with Crippen LogP contribution in [0, 0.1) is 13.8 Å². The van der Waals surface area contributed by atoms with Crippen molar-refractivity contribution in [1.82, 2.24) is 19.7 Å². The molecule has 0 unspecified atom stereocenters. The first-order valence-corrected chi connectivity index (χ1v) is 10.4. The molecule has 3 aromatic rings. The van der Waals surface area contributed by atoms with Crippen LogP contribution in [0.2, 0.25) is 0 Å². The molecule has 0 aliphatic rings. The fourth-order valence-electron chi connectivity index (χ4n) is 2.42. The number of aromatic nitrogens is 3. The number of nitrogens with zero attached hydrogens (tertiary/aromatic N) is 3. The smallest absolute Gasteiger partial charge is 0.240 e. The lowest BCUT2D eigenvalue weighted by molar-refractivity contribution is 0.301. The highest BCUT2D eigenvalue weighted by atomic mass is 32.2. The van der Waals surface area contributed by atoms with E-state index in [0.717, 1.165) is 21.3 Å². The van der Waals surface area contributed by atoms with Gasteiger partial charge in [-0.15, -0.1) is 11.3 Å². The third kappa shape index (κ3) is 4.66. The van der Waals surface area contributed by atoms with Gasteiger partial charge in [0.25, 0.3) is 0 Å². The Kier molecular flexibility index (Phi) is 5.80. The minimum Gasteiger partial charge on any atom is -0.395 e. The Labute approximate surface area is 161 Å². The molecular weight excluding hydrogens is 386 g/mol. The van der Waals surface area contributed by atoms with Crippen LogP contribution in [0.1, 0.15) is 10.7 Å². The predicted octanol–water partition coefficient (Wildman–Crippen LogP) is 2.23. The Balaban J connectivity index is 1.78. The van der Waals surface area contributed by atoms with Crippen LogP contribution in [0.3, 0.4) is 0 Å². The van der Waals surface area contributed by atoms with E-state index in [4.69, 9.17) is 5.11 Å². The van der Waals surface area contributed by atoms with Gasteiger partial charge in [0.15, 0.2) is 0 Å². The monoisotopic (exact) mass is 405 g/mol. The van der Waals surface area contributed by atoms with Gasteiger partial charge in [-0.25, -0.2) is 28.1 Å². The maximum atomic E-state index is 12.0. The molecule has 0 atom stereocenters. The van der Waals surface area contributed by atoms with Crippen LogP contribution in [-0.4, -0.2) is 41.6 Å². The number of hydrogen-bond donors (Lipinski definition) is 3. The third-order valence-electron chi connectivity index (χ3n) is 3.62. The molecule has 1 aromatic carbocycles. The van der Waals surface area contributed by atoms with Crippen molar-refractivity contribution >= 4 is 33.0 Å². The van der Waals surface area contributed by atoms with Gasteiger partial charge in [0.2, 0.25) is 16.0 Å². The zero-order chi connectivity index (χ0) is 19.4. The number of thiazole rings is 1. The van der Waals surface area contributed by atoms with Gasteiger partial charge in [-0.1, -0.05) is 0 Å². The molecule has 0 aliphatic carbocycles. The summed E-state index contributed by atoms with van der Waals surface area (Å²) in [5.74, 6) is 0.409. The maximum absolute atomic E-state index is 12.0. The average Bonchev–Trinajstić information content (AvgIpc) is 2.99. The molecule has 0 aliphatic heterocycles. The second kappa shape index (κ2) is 8.09. The van der Waals surface area contributed by atoms with Crippen molar-refractivity contribution in [2.75, 3.05) is 18.5 Å². The van der Waals surface area contributed by atoms with E-state index in [9.17, 15) is 8.42 Å². The maximum Gasteiger partial charge on any atom is 0.240 e. The first kappa shape index (κ1) is 19.4. The molecule has 10 heteroatoms. The van der Waals surface area contributed by atoms with E-state index in [-0.39, 0.29) is 18.0 Å². The number of nitrogens with one attached hydrogen (secondary N) is 2. The quantitative estimate of drug-likeness (QED) is 0.552. The minimum atomic E-state index is -3.63. The number of rotatable bonds is 7. The molecular formula is C17H19N5O3S2. The molecule has 3 N–H and O–H groups in total. The molecule has 0 spiro atoms. The van der Waals surface area contributed by atoms with Gasteiger partial charge >= 0.3 is 0 Å². The normalized spacial score (nSPS) is 11.5. The Hall–Kier alpha value is -2.40. The van der Waals surface area contributed by atoms with Crippen molar-refractivity contribution in [3.05, 3.63) is 47.2 Å². The van der Waals surface area contributed by atoms with Crippen molar-refractivity contribution in [1.29, 1.82) is 0 Å². The number of anilines is 2. The number of aliphatic hydroxyl groups excluding tert-OH is 1. The standard InChI is InChI=1S/C17H19N5O3S2/c1-11-16(26-12(2)20-11)15-7-8-18-17(22-15)21-13-3-5-14(6-4-13)27(24,25)19-9-10-23/h3-8,19,23H,9-10H2,1-2H3,(H,18,21,22). The summed E-state index contributed by atoms with van der Waals surface area (Å²) in [6.45, 7) is 3.61. The van der Waals surface area contributed by atoms with Gasteiger partial charge in [0.05, 0.1) is 32.8 Å². The molecule has 27 heavy (non-hydrogen) atoms. The predicted molar refractivity (Wildman–Crippen MR) is 105 cm³/mol. The lowest BCUT2D eigenvalue weighted by atomic mass is 10.3. The third-order valence-corrected chi connectivity index (χ3v) is 6.19. The molecule has 2 heterocycles. The molecule has 8 nitrogen and oxygen atoms in total. The summed E-state index contributed by atoms with van der Waals surface area (Å²) >= 11 is 1.57. The first-order chi connectivity index (χ1) is 12.9. The van der Waals surface area contributed by atoms with Crippen LogP contribution < -0.4 is 10.0 Å². The van der Waals surface area contributed by atoms with Crippen LogP contribution in [0.4, 0.5) is 11.6 Å². The number of benzene rings is 1. The van der Waals surface area contributed by atoms with Crippen molar-refractivity contribution < 1.29 is 13.5 Å². The van der Waals surface area contributed by atoms with Gasteiger partial charge in [-0.2, -0.15) is 0 Å².